The second-order valence-electron chi connectivity index (χ2n) is 7.38. The second-order valence-corrected chi connectivity index (χ2v) is 9.55. The van der Waals surface area contributed by atoms with Gasteiger partial charge in [-0.2, -0.15) is 0 Å². The number of aromatic nitrogens is 2. The van der Waals surface area contributed by atoms with Gasteiger partial charge in [0.05, 0.1) is 15.9 Å². The normalized spacial score (nSPS) is 14.5. The van der Waals surface area contributed by atoms with Crippen LogP contribution in [0.15, 0.2) is 47.4 Å². The number of nitrogens with zero attached hydrogens (tertiary/aromatic N) is 3. The lowest BCUT2D eigenvalue weighted by molar-refractivity contribution is -0.137. The second kappa shape index (κ2) is 8.28. The maximum atomic E-state index is 13.5. The van der Waals surface area contributed by atoms with Crippen LogP contribution in [0, 0.1) is 0 Å². The highest BCUT2D eigenvalue weighted by Crippen LogP contribution is 2.29. The van der Waals surface area contributed by atoms with Crippen molar-refractivity contribution >= 4 is 44.3 Å². The highest BCUT2D eigenvalue weighted by Gasteiger charge is 2.24. The molecule has 0 amide bonds. The number of carboxylic acids is 1. The molecule has 158 valence electrons. The molecule has 0 saturated carbocycles. The van der Waals surface area contributed by atoms with E-state index in [1.165, 1.54) is 3.97 Å². The van der Waals surface area contributed by atoms with Gasteiger partial charge in [0.25, 0.3) is 10.0 Å². The number of hydrogen-bond donors (Lipinski definition) is 1. The fourth-order valence-electron chi connectivity index (χ4n) is 3.88. The summed E-state index contributed by atoms with van der Waals surface area (Å²) >= 11 is 5.98. The van der Waals surface area contributed by atoms with Crippen molar-refractivity contribution in [2.45, 2.75) is 37.0 Å². The Kier molecular flexibility index (Phi) is 5.71. The minimum atomic E-state index is -3.89. The molecular formula is C21H22ClN3O4S. The minimum absolute atomic E-state index is 0.0414. The van der Waals surface area contributed by atoms with Crippen molar-refractivity contribution in [2.24, 2.45) is 0 Å². The lowest BCUT2D eigenvalue weighted by atomic mass is 10.2. The summed E-state index contributed by atoms with van der Waals surface area (Å²) in [5.41, 5.74) is 2.39. The molecule has 2 aromatic heterocycles. The summed E-state index contributed by atoms with van der Waals surface area (Å²) < 4.78 is 28.3. The first kappa shape index (κ1) is 20.7. The molecule has 1 aliphatic heterocycles. The molecule has 0 aliphatic carbocycles. The molecule has 1 saturated heterocycles. The summed E-state index contributed by atoms with van der Waals surface area (Å²) in [5.74, 6) is -0.917. The van der Waals surface area contributed by atoms with E-state index in [0.29, 0.717) is 29.6 Å². The van der Waals surface area contributed by atoms with Crippen molar-refractivity contribution in [3.05, 3.63) is 53.3 Å². The van der Waals surface area contributed by atoms with Crippen LogP contribution in [0.2, 0.25) is 5.15 Å². The topological polar surface area (TPSA) is 92.5 Å². The molecule has 4 rings (SSSR count). The van der Waals surface area contributed by atoms with Gasteiger partial charge >= 0.3 is 5.97 Å². The zero-order valence-corrected chi connectivity index (χ0v) is 17.9. The fourth-order valence-corrected chi connectivity index (χ4v) is 5.59. The van der Waals surface area contributed by atoms with Gasteiger partial charge in [-0.05, 0) is 68.1 Å². The molecule has 0 spiro atoms. The lowest BCUT2D eigenvalue weighted by Gasteiger charge is -2.18. The summed E-state index contributed by atoms with van der Waals surface area (Å²) in [6, 6.07) is 11.8. The van der Waals surface area contributed by atoms with Crippen molar-refractivity contribution in [1.29, 1.82) is 0 Å². The Balaban J connectivity index is 1.74. The van der Waals surface area contributed by atoms with Crippen LogP contribution >= 0.6 is 11.6 Å². The first-order valence-corrected chi connectivity index (χ1v) is 11.7. The third-order valence-corrected chi connectivity index (χ3v) is 7.31. The molecule has 0 bridgehead atoms. The van der Waals surface area contributed by atoms with Crippen molar-refractivity contribution < 1.29 is 18.3 Å². The van der Waals surface area contributed by atoms with Gasteiger partial charge in [0.1, 0.15) is 5.15 Å². The highest BCUT2D eigenvalue weighted by atomic mass is 35.5. The summed E-state index contributed by atoms with van der Waals surface area (Å²) in [7, 11) is -3.89. The summed E-state index contributed by atoms with van der Waals surface area (Å²) in [5, 5.41) is 9.20. The number of aryl methyl sites for hydroxylation is 1. The fraction of sp³-hybridized carbons (Fsp3) is 0.333. The van der Waals surface area contributed by atoms with Gasteiger partial charge in [0, 0.05) is 30.9 Å². The Morgan fingerprint density at radius 2 is 1.80 bits per heavy atom. The Bertz CT molecular complexity index is 1180. The van der Waals surface area contributed by atoms with E-state index < -0.39 is 16.0 Å². The van der Waals surface area contributed by atoms with Crippen molar-refractivity contribution in [2.75, 3.05) is 18.0 Å². The van der Waals surface area contributed by atoms with E-state index in [9.17, 15) is 13.2 Å². The molecule has 0 radical (unpaired) electrons. The molecule has 30 heavy (non-hydrogen) atoms. The molecule has 1 fully saturated rings. The number of benzene rings is 1. The van der Waals surface area contributed by atoms with E-state index in [2.05, 4.69) is 9.88 Å². The largest absolute Gasteiger partial charge is 0.481 e. The third-order valence-electron chi connectivity index (χ3n) is 5.32. The van der Waals surface area contributed by atoms with Crippen LogP contribution in [0.1, 0.15) is 31.4 Å². The SMILES string of the molecule is O=C(O)CCCc1cc2nc(Cl)ccc2n1S(=O)(=O)c1ccc(N2CCCC2)cc1. The Morgan fingerprint density at radius 1 is 1.10 bits per heavy atom. The smallest absolute Gasteiger partial charge is 0.303 e. The van der Waals surface area contributed by atoms with Crippen LogP contribution in [0.25, 0.3) is 11.0 Å². The number of carbonyl (C=O) groups is 1. The van der Waals surface area contributed by atoms with Gasteiger partial charge in [-0.15, -0.1) is 0 Å². The number of halogens is 1. The van der Waals surface area contributed by atoms with Crippen LogP contribution in [-0.4, -0.2) is 41.5 Å². The maximum Gasteiger partial charge on any atom is 0.303 e. The molecule has 0 atom stereocenters. The van der Waals surface area contributed by atoms with E-state index >= 15 is 0 Å². The van der Waals surface area contributed by atoms with Crippen LogP contribution in [0.5, 0.6) is 0 Å². The average molecular weight is 448 g/mol. The van der Waals surface area contributed by atoms with E-state index in [-0.39, 0.29) is 16.5 Å². The maximum absolute atomic E-state index is 13.5. The Morgan fingerprint density at radius 3 is 2.47 bits per heavy atom. The van der Waals surface area contributed by atoms with Crippen molar-refractivity contribution in [3.8, 4) is 0 Å². The molecule has 3 heterocycles. The molecule has 3 aromatic rings. The number of carboxylic acid groups (broad SMARTS) is 1. The first-order valence-electron chi connectivity index (χ1n) is 9.85. The lowest BCUT2D eigenvalue weighted by Crippen LogP contribution is -2.18. The summed E-state index contributed by atoms with van der Waals surface area (Å²) in [6.07, 6.45) is 2.86. The van der Waals surface area contributed by atoms with Gasteiger partial charge in [-0.1, -0.05) is 11.6 Å². The molecule has 1 N–H and O–H groups in total. The number of anilines is 1. The summed E-state index contributed by atoms with van der Waals surface area (Å²) in [6.45, 7) is 1.96. The standard InChI is InChI=1S/C21H22ClN3O4S/c22-20-11-10-19-18(23-20)14-16(4-3-5-21(26)27)25(19)30(28,29)17-8-6-15(7-9-17)24-12-1-2-13-24/h6-11,14H,1-5,12-13H2,(H,26,27). The summed E-state index contributed by atoms with van der Waals surface area (Å²) in [4.78, 5) is 17.5. The molecular weight excluding hydrogens is 426 g/mol. The van der Waals surface area contributed by atoms with E-state index in [4.69, 9.17) is 16.7 Å². The van der Waals surface area contributed by atoms with Gasteiger partial charge in [0.15, 0.2) is 0 Å². The number of hydrogen-bond acceptors (Lipinski definition) is 5. The molecule has 0 unspecified atom stereocenters. The number of aliphatic carboxylic acids is 1. The molecule has 7 nitrogen and oxygen atoms in total. The number of fused-ring (bicyclic) bond motifs is 1. The predicted octanol–water partition coefficient (Wildman–Crippen LogP) is 3.93. The van der Waals surface area contributed by atoms with Crippen LogP contribution < -0.4 is 4.90 Å². The van der Waals surface area contributed by atoms with Crippen molar-refractivity contribution in [1.82, 2.24) is 8.96 Å². The van der Waals surface area contributed by atoms with E-state index in [1.807, 2.05) is 12.1 Å². The van der Waals surface area contributed by atoms with E-state index in [0.717, 1.165) is 31.6 Å². The van der Waals surface area contributed by atoms with Gasteiger partial charge in [-0.25, -0.2) is 17.4 Å². The van der Waals surface area contributed by atoms with Crippen LogP contribution in [-0.2, 0) is 21.2 Å². The van der Waals surface area contributed by atoms with Gasteiger partial charge in [-0.3, -0.25) is 4.79 Å². The number of rotatable bonds is 7. The molecule has 1 aromatic carbocycles. The first-order chi connectivity index (χ1) is 14.4. The number of pyridine rings is 1. The average Bonchev–Trinajstić information content (AvgIpc) is 3.35. The Labute approximate surface area is 180 Å². The zero-order valence-electron chi connectivity index (χ0n) is 16.3. The Hall–Kier alpha value is -2.58. The van der Waals surface area contributed by atoms with E-state index in [1.54, 1.807) is 30.3 Å². The monoisotopic (exact) mass is 447 g/mol. The molecule has 9 heteroatoms. The van der Waals surface area contributed by atoms with Gasteiger partial charge < -0.3 is 10.0 Å². The van der Waals surface area contributed by atoms with Crippen LogP contribution in [0.4, 0.5) is 5.69 Å². The highest BCUT2D eigenvalue weighted by molar-refractivity contribution is 7.90. The van der Waals surface area contributed by atoms with Crippen molar-refractivity contribution in [3.63, 3.8) is 0 Å². The zero-order chi connectivity index (χ0) is 21.3. The van der Waals surface area contributed by atoms with Crippen LogP contribution in [0.3, 0.4) is 0 Å². The quantitative estimate of drug-likeness (QED) is 0.551. The molecule has 1 aliphatic rings. The minimum Gasteiger partial charge on any atom is -0.481 e. The van der Waals surface area contributed by atoms with Gasteiger partial charge in [0.2, 0.25) is 0 Å². The predicted molar refractivity (Wildman–Crippen MR) is 116 cm³/mol. The third kappa shape index (κ3) is 4.02.